The van der Waals surface area contributed by atoms with Gasteiger partial charge in [0.05, 0.1) is 23.8 Å². The van der Waals surface area contributed by atoms with Crippen LogP contribution < -0.4 is 5.32 Å². The second kappa shape index (κ2) is 4.06. The first-order chi connectivity index (χ1) is 6.77. The fourth-order valence-corrected chi connectivity index (χ4v) is 1.95. The van der Waals surface area contributed by atoms with E-state index in [1.54, 1.807) is 21.7 Å². The lowest BCUT2D eigenvalue weighted by Gasteiger charge is -2.30. The third kappa shape index (κ3) is 1.93. The number of nitrogens with zero attached hydrogens (tertiary/aromatic N) is 2. The Hall–Kier alpha value is -0.940. The summed E-state index contributed by atoms with van der Waals surface area (Å²) in [5.74, 6) is 0.171. The molecular formula is C9H13N3OS. The maximum absolute atomic E-state index is 11.7. The van der Waals surface area contributed by atoms with Crippen molar-refractivity contribution in [3.05, 3.63) is 16.6 Å². The fraction of sp³-hybridized carbons (Fsp3) is 0.556. The Morgan fingerprint density at radius 1 is 1.86 bits per heavy atom. The van der Waals surface area contributed by atoms with Gasteiger partial charge in [-0.05, 0) is 13.0 Å². The Bertz CT molecular complexity index is 308. The zero-order chi connectivity index (χ0) is 9.97. The molecule has 0 spiro atoms. The van der Waals surface area contributed by atoms with Crippen molar-refractivity contribution in [2.75, 3.05) is 13.6 Å². The summed E-state index contributed by atoms with van der Waals surface area (Å²) >= 11 is 1.56. The highest BCUT2D eigenvalue weighted by molar-refractivity contribution is 7.07. The van der Waals surface area contributed by atoms with Crippen LogP contribution in [0.1, 0.15) is 12.1 Å². The monoisotopic (exact) mass is 211 g/mol. The minimum Gasteiger partial charge on any atom is -0.338 e. The Morgan fingerprint density at radius 3 is 3.14 bits per heavy atom. The minimum absolute atomic E-state index is 0.0404. The standard InChI is InChI=1S/C9H13N3OS/c1-12(4-7-5-14-6-11-7)9(13)8-2-3-10-8/h5-6,8,10H,2-4H2,1H3/t8-/m1/s1. The number of carbonyl (C=O) groups is 1. The van der Waals surface area contributed by atoms with Crippen LogP contribution in [-0.2, 0) is 11.3 Å². The lowest BCUT2D eigenvalue weighted by molar-refractivity contribution is -0.134. The molecule has 5 heteroatoms. The van der Waals surface area contributed by atoms with Crippen molar-refractivity contribution in [2.45, 2.75) is 19.0 Å². The van der Waals surface area contributed by atoms with Gasteiger partial charge < -0.3 is 10.2 Å². The van der Waals surface area contributed by atoms with E-state index in [4.69, 9.17) is 0 Å². The number of thiazole rings is 1. The Kier molecular flexibility index (Phi) is 2.79. The third-order valence-electron chi connectivity index (χ3n) is 2.38. The Balaban J connectivity index is 1.88. The van der Waals surface area contributed by atoms with Gasteiger partial charge >= 0.3 is 0 Å². The zero-order valence-corrected chi connectivity index (χ0v) is 8.88. The Labute approximate surface area is 86.9 Å². The van der Waals surface area contributed by atoms with Gasteiger partial charge in [-0.2, -0.15) is 0 Å². The molecule has 4 nitrogen and oxygen atoms in total. The zero-order valence-electron chi connectivity index (χ0n) is 8.06. The number of hydrogen-bond acceptors (Lipinski definition) is 4. The predicted molar refractivity (Wildman–Crippen MR) is 55.0 cm³/mol. The van der Waals surface area contributed by atoms with Crippen molar-refractivity contribution >= 4 is 17.2 Å². The predicted octanol–water partition coefficient (Wildman–Crippen LogP) is 0.463. The quantitative estimate of drug-likeness (QED) is 0.790. The molecule has 1 atom stereocenters. The average Bonchev–Trinajstić information content (AvgIpc) is 2.53. The van der Waals surface area contributed by atoms with E-state index in [0.29, 0.717) is 6.54 Å². The number of aromatic nitrogens is 1. The van der Waals surface area contributed by atoms with Gasteiger partial charge in [0, 0.05) is 12.4 Å². The van der Waals surface area contributed by atoms with Crippen LogP contribution in [0.3, 0.4) is 0 Å². The van der Waals surface area contributed by atoms with Crippen LogP contribution in [-0.4, -0.2) is 35.4 Å². The molecule has 0 aromatic carbocycles. The highest BCUT2D eigenvalue weighted by atomic mass is 32.1. The molecule has 0 unspecified atom stereocenters. The van der Waals surface area contributed by atoms with E-state index < -0.39 is 0 Å². The number of nitrogens with one attached hydrogen (secondary N) is 1. The van der Waals surface area contributed by atoms with Gasteiger partial charge in [-0.15, -0.1) is 11.3 Å². The molecule has 1 N–H and O–H groups in total. The lowest BCUT2D eigenvalue weighted by Crippen LogP contribution is -2.53. The summed E-state index contributed by atoms with van der Waals surface area (Å²) in [5.41, 5.74) is 2.75. The molecule has 1 aliphatic heterocycles. The molecule has 1 aromatic rings. The minimum atomic E-state index is 0.0404. The largest absolute Gasteiger partial charge is 0.338 e. The first kappa shape index (κ1) is 9.61. The van der Waals surface area contributed by atoms with Crippen LogP contribution >= 0.6 is 11.3 Å². The van der Waals surface area contributed by atoms with E-state index in [1.165, 1.54) is 0 Å². The van der Waals surface area contributed by atoms with E-state index >= 15 is 0 Å². The van der Waals surface area contributed by atoms with Gasteiger partial charge in [-0.25, -0.2) is 4.98 Å². The molecule has 1 amide bonds. The van der Waals surface area contributed by atoms with Gasteiger partial charge in [-0.1, -0.05) is 0 Å². The maximum atomic E-state index is 11.7. The van der Waals surface area contributed by atoms with E-state index in [2.05, 4.69) is 10.3 Å². The topological polar surface area (TPSA) is 45.2 Å². The molecule has 1 saturated heterocycles. The van der Waals surface area contributed by atoms with Crippen LogP contribution in [0, 0.1) is 0 Å². The van der Waals surface area contributed by atoms with Crippen molar-refractivity contribution in [3.63, 3.8) is 0 Å². The molecular weight excluding hydrogens is 198 g/mol. The molecule has 1 aliphatic rings. The van der Waals surface area contributed by atoms with Crippen LogP contribution in [0.4, 0.5) is 0 Å². The summed E-state index contributed by atoms with van der Waals surface area (Å²) < 4.78 is 0. The maximum Gasteiger partial charge on any atom is 0.239 e. The van der Waals surface area contributed by atoms with Crippen molar-refractivity contribution in [2.24, 2.45) is 0 Å². The van der Waals surface area contributed by atoms with Crippen LogP contribution in [0.25, 0.3) is 0 Å². The highest BCUT2D eigenvalue weighted by Gasteiger charge is 2.27. The summed E-state index contributed by atoms with van der Waals surface area (Å²) in [4.78, 5) is 17.6. The van der Waals surface area contributed by atoms with Gasteiger partial charge in [0.25, 0.3) is 0 Å². The number of hydrogen-bond donors (Lipinski definition) is 1. The van der Waals surface area contributed by atoms with Crippen LogP contribution in [0.2, 0.25) is 0 Å². The number of rotatable bonds is 3. The summed E-state index contributed by atoms with van der Waals surface area (Å²) in [5, 5.41) is 5.07. The molecule has 0 bridgehead atoms. The number of amides is 1. The molecule has 0 saturated carbocycles. The van der Waals surface area contributed by atoms with Crippen molar-refractivity contribution in [1.82, 2.24) is 15.2 Å². The third-order valence-corrected chi connectivity index (χ3v) is 3.02. The first-order valence-corrected chi connectivity index (χ1v) is 5.57. The second-order valence-electron chi connectivity index (χ2n) is 3.47. The lowest BCUT2D eigenvalue weighted by atomic mass is 10.1. The fourth-order valence-electron chi connectivity index (χ4n) is 1.40. The molecule has 14 heavy (non-hydrogen) atoms. The second-order valence-corrected chi connectivity index (χ2v) is 4.19. The molecule has 0 radical (unpaired) electrons. The van der Waals surface area contributed by atoms with Gasteiger partial charge in [0.1, 0.15) is 0 Å². The van der Waals surface area contributed by atoms with Gasteiger partial charge in [0.2, 0.25) is 5.91 Å². The van der Waals surface area contributed by atoms with Crippen molar-refractivity contribution in [3.8, 4) is 0 Å². The van der Waals surface area contributed by atoms with Gasteiger partial charge in [0.15, 0.2) is 0 Å². The van der Waals surface area contributed by atoms with E-state index in [1.807, 2.05) is 12.4 Å². The molecule has 0 aliphatic carbocycles. The summed E-state index contributed by atoms with van der Waals surface area (Å²) in [7, 11) is 1.82. The smallest absolute Gasteiger partial charge is 0.239 e. The van der Waals surface area contributed by atoms with Crippen LogP contribution in [0.5, 0.6) is 0 Å². The SMILES string of the molecule is CN(Cc1cscn1)C(=O)[C@H]1CCN1. The summed E-state index contributed by atoms with van der Waals surface area (Å²) in [6.45, 7) is 1.57. The molecule has 76 valence electrons. The van der Waals surface area contributed by atoms with Crippen molar-refractivity contribution < 1.29 is 4.79 Å². The number of likely N-dealkylation sites (N-methyl/N-ethyl adjacent to an activating group) is 1. The molecule has 2 heterocycles. The molecule has 2 rings (SSSR count). The Morgan fingerprint density at radius 2 is 2.64 bits per heavy atom. The van der Waals surface area contributed by atoms with Crippen LogP contribution in [0.15, 0.2) is 10.9 Å². The average molecular weight is 211 g/mol. The van der Waals surface area contributed by atoms with Gasteiger partial charge in [-0.3, -0.25) is 4.79 Å². The number of carbonyl (C=O) groups excluding carboxylic acids is 1. The van der Waals surface area contributed by atoms with E-state index in [9.17, 15) is 4.79 Å². The highest BCUT2D eigenvalue weighted by Crippen LogP contribution is 2.09. The van der Waals surface area contributed by atoms with E-state index in [-0.39, 0.29) is 11.9 Å². The molecule has 1 aromatic heterocycles. The van der Waals surface area contributed by atoms with Crippen molar-refractivity contribution in [1.29, 1.82) is 0 Å². The summed E-state index contributed by atoms with van der Waals surface area (Å²) in [6, 6.07) is 0.0404. The van der Waals surface area contributed by atoms with E-state index in [0.717, 1.165) is 18.7 Å². The molecule has 1 fully saturated rings. The normalized spacial score (nSPS) is 20.2. The first-order valence-electron chi connectivity index (χ1n) is 4.63. The summed E-state index contributed by atoms with van der Waals surface area (Å²) in [6.07, 6.45) is 0.959.